The van der Waals surface area contributed by atoms with Gasteiger partial charge in [-0.2, -0.15) is 5.10 Å². The third-order valence-electron chi connectivity index (χ3n) is 9.38. The minimum atomic E-state index is -1.41. The van der Waals surface area contributed by atoms with Crippen LogP contribution in [0.4, 0.5) is 4.39 Å². The van der Waals surface area contributed by atoms with E-state index in [1.165, 1.54) is 28.0 Å². The molecular formula is C35H44FN5O7S. The van der Waals surface area contributed by atoms with Crippen molar-refractivity contribution < 1.29 is 28.5 Å². The van der Waals surface area contributed by atoms with E-state index in [1.54, 1.807) is 48.0 Å². The zero-order chi connectivity index (χ0) is 34.7. The molecule has 14 heteroatoms. The van der Waals surface area contributed by atoms with E-state index < -0.39 is 22.6 Å². The van der Waals surface area contributed by atoms with Gasteiger partial charge in [0.2, 0.25) is 5.91 Å². The maximum atomic E-state index is 14.4. The third-order valence-corrected chi connectivity index (χ3v) is 10.7. The van der Waals surface area contributed by atoms with Gasteiger partial charge in [-0.3, -0.25) is 14.2 Å². The first-order chi connectivity index (χ1) is 23.6. The third kappa shape index (κ3) is 7.37. The molecule has 3 aliphatic rings. The van der Waals surface area contributed by atoms with Gasteiger partial charge in [0.1, 0.15) is 26.9 Å². The number of fused-ring (bicyclic) bond motifs is 1. The number of thiophene rings is 1. The summed E-state index contributed by atoms with van der Waals surface area (Å²) < 4.78 is 34.9. The van der Waals surface area contributed by atoms with Crippen LogP contribution in [0, 0.1) is 18.7 Å². The van der Waals surface area contributed by atoms with Crippen molar-refractivity contribution in [3.05, 3.63) is 74.4 Å². The van der Waals surface area contributed by atoms with Crippen LogP contribution in [0.2, 0.25) is 0 Å². The van der Waals surface area contributed by atoms with Crippen LogP contribution in [0.15, 0.2) is 46.2 Å². The molecule has 0 aliphatic carbocycles. The summed E-state index contributed by atoms with van der Waals surface area (Å²) in [6.07, 6.45) is 7.03. The fraction of sp³-hybridized carbons (Fsp3) is 0.543. The Morgan fingerprint density at radius 2 is 1.88 bits per heavy atom. The summed E-state index contributed by atoms with van der Waals surface area (Å²) in [6, 6.07) is 6.16. The summed E-state index contributed by atoms with van der Waals surface area (Å²) in [4.78, 5) is 44.2. The van der Waals surface area contributed by atoms with Crippen LogP contribution in [0.3, 0.4) is 0 Å². The molecule has 7 rings (SSSR count). The highest BCUT2D eigenvalue weighted by atomic mass is 32.1. The topological polar surface area (TPSA) is 130 Å². The maximum Gasteiger partial charge on any atom is 0.333 e. The first-order valence-electron chi connectivity index (χ1n) is 16.9. The van der Waals surface area contributed by atoms with Gasteiger partial charge in [0.15, 0.2) is 0 Å². The van der Waals surface area contributed by atoms with E-state index in [-0.39, 0.29) is 25.0 Å². The van der Waals surface area contributed by atoms with Crippen LogP contribution in [0.25, 0.3) is 15.2 Å². The van der Waals surface area contributed by atoms with Gasteiger partial charge >= 0.3 is 5.69 Å². The quantitative estimate of drug-likeness (QED) is 0.281. The monoisotopic (exact) mass is 697 g/mol. The van der Waals surface area contributed by atoms with Gasteiger partial charge in [0.05, 0.1) is 31.3 Å². The van der Waals surface area contributed by atoms with Gasteiger partial charge < -0.3 is 24.2 Å². The van der Waals surface area contributed by atoms with Gasteiger partial charge in [-0.1, -0.05) is 11.3 Å². The number of benzene rings is 1. The molecule has 0 radical (unpaired) electrons. The Labute approximate surface area is 287 Å². The summed E-state index contributed by atoms with van der Waals surface area (Å²) in [5.41, 5.74) is -1.21. The lowest BCUT2D eigenvalue weighted by Gasteiger charge is -2.31. The van der Waals surface area contributed by atoms with Crippen molar-refractivity contribution in [2.24, 2.45) is 5.92 Å². The molecule has 0 spiro atoms. The molecule has 0 unspecified atom stereocenters. The second-order valence-electron chi connectivity index (χ2n) is 13.4. The number of likely N-dealkylation sites (tertiary alicyclic amines) is 1. The average molecular weight is 698 g/mol. The van der Waals surface area contributed by atoms with Crippen LogP contribution < -0.4 is 16.0 Å². The zero-order valence-corrected chi connectivity index (χ0v) is 29.0. The number of carbonyl (C=O) groups is 1. The lowest BCUT2D eigenvalue weighted by atomic mass is 10.0. The number of aliphatic hydroxyl groups is 1. The Morgan fingerprint density at radius 1 is 1.14 bits per heavy atom. The Kier molecular flexibility index (Phi) is 10.7. The zero-order valence-electron chi connectivity index (χ0n) is 28.2. The van der Waals surface area contributed by atoms with E-state index in [4.69, 9.17) is 19.3 Å². The predicted molar refractivity (Wildman–Crippen MR) is 183 cm³/mol. The van der Waals surface area contributed by atoms with Gasteiger partial charge in [-0.25, -0.2) is 18.4 Å². The van der Waals surface area contributed by atoms with Crippen molar-refractivity contribution in [2.75, 3.05) is 46.1 Å². The number of hydrogen-bond donors (Lipinski definition) is 1. The van der Waals surface area contributed by atoms with Crippen LogP contribution >= 0.6 is 11.3 Å². The standard InChI is InChI=1S/C30H34FN5O5S.C5H10O2/c1-19-24-25(37)36(30(2,3)28(38)33-11-4-5-12-33)29(39)34(27(24)42-26(19)35-13-6-10-32-35)14-9-21-15-22(31)7-8-23(21)41-18-20-16-40-17-20;6-5-1-3-7-4-2-5/h6-8,10,13,15,20H,4-5,9,11-12,14,16-18H2,1-3H3;5-6H,1-4H2. The highest BCUT2D eigenvalue weighted by Crippen LogP contribution is 2.32. The summed E-state index contributed by atoms with van der Waals surface area (Å²) in [5.74, 6) is 0.173. The van der Waals surface area contributed by atoms with E-state index in [9.17, 15) is 18.8 Å². The highest BCUT2D eigenvalue weighted by molar-refractivity contribution is 7.21. The molecule has 0 saturated carbocycles. The molecule has 0 atom stereocenters. The summed E-state index contributed by atoms with van der Waals surface area (Å²) >= 11 is 1.29. The Hall–Kier alpha value is -3.85. The van der Waals surface area contributed by atoms with Gasteiger partial charge in [0.25, 0.3) is 5.56 Å². The maximum absolute atomic E-state index is 14.4. The number of amides is 1. The average Bonchev–Trinajstić information content (AvgIpc) is 3.84. The first kappa shape index (κ1) is 35.0. The predicted octanol–water partition coefficient (Wildman–Crippen LogP) is 3.64. The second-order valence-corrected chi connectivity index (χ2v) is 14.3. The molecule has 49 heavy (non-hydrogen) atoms. The van der Waals surface area contributed by atoms with Crippen molar-refractivity contribution >= 4 is 27.5 Å². The Balaban J connectivity index is 0.000000531. The van der Waals surface area contributed by atoms with E-state index in [0.717, 1.165) is 43.5 Å². The minimum absolute atomic E-state index is 0.0891. The summed E-state index contributed by atoms with van der Waals surface area (Å²) in [5, 5.41) is 14.2. The Morgan fingerprint density at radius 3 is 2.49 bits per heavy atom. The SMILES string of the molecule is Cc1c(-n2cccn2)sc2c1c(=O)n(C(C)(C)C(=O)N1CCCC1)c(=O)n2CCc1cc(F)ccc1OCC1COC1.OC1CCOCC1. The molecule has 264 valence electrons. The van der Waals surface area contributed by atoms with Crippen LogP contribution in [-0.4, -0.2) is 87.1 Å². The molecule has 0 bridgehead atoms. The first-order valence-corrected chi connectivity index (χ1v) is 17.7. The number of ether oxygens (including phenoxy) is 3. The van der Waals surface area contributed by atoms with Crippen LogP contribution in [0.5, 0.6) is 5.75 Å². The van der Waals surface area contributed by atoms with E-state index in [1.807, 2.05) is 6.92 Å². The number of aliphatic hydroxyl groups excluding tert-OH is 1. The molecule has 12 nitrogen and oxygen atoms in total. The van der Waals surface area contributed by atoms with Crippen molar-refractivity contribution in [1.29, 1.82) is 0 Å². The Bertz CT molecular complexity index is 1880. The van der Waals surface area contributed by atoms with Crippen LogP contribution in [-0.2, 0) is 32.8 Å². The highest BCUT2D eigenvalue weighted by Gasteiger charge is 2.39. The van der Waals surface area contributed by atoms with Gasteiger partial charge in [0, 0.05) is 56.7 Å². The number of carbonyl (C=O) groups excluding carboxylic acids is 1. The molecule has 1 aromatic carbocycles. The summed E-state index contributed by atoms with van der Waals surface area (Å²) in [6.45, 7) is 9.63. The molecule has 4 aromatic rings. The van der Waals surface area contributed by atoms with Crippen molar-refractivity contribution in [1.82, 2.24) is 23.8 Å². The van der Waals surface area contributed by atoms with Gasteiger partial charge in [-0.15, -0.1) is 0 Å². The van der Waals surface area contributed by atoms with E-state index >= 15 is 0 Å². The summed E-state index contributed by atoms with van der Waals surface area (Å²) in [7, 11) is 0. The number of hydrogen-bond acceptors (Lipinski definition) is 9. The largest absolute Gasteiger partial charge is 0.493 e. The molecule has 3 aromatic heterocycles. The number of aryl methyl sites for hydroxylation is 3. The minimum Gasteiger partial charge on any atom is -0.493 e. The molecule has 1 amide bonds. The van der Waals surface area contributed by atoms with E-state index in [2.05, 4.69) is 5.10 Å². The number of aromatic nitrogens is 4. The van der Waals surface area contributed by atoms with E-state index in [0.29, 0.717) is 70.9 Å². The lowest BCUT2D eigenvalue weighted by molar-refractivity contribution is -0.138. The fourth-order valence-electron chi connectivity index (χ4n) is 6.43. The molecule has 3 aliphatic heterocycles. The van der Waals surface area contributed by atoms with Crippen molar-refractivity contribution in [3.8, 4) is 10.8 Å². The molecule has 3 fully saturated rings. The van der Waals surface area contributed by atoms with Crippen molar-refractivity contribution in [3.63, 3.8) is 0 Å². The van der Waals surface area contributed by atoms with Crippen LogP contribution in [0.1, 0.15) is 50.7 Å². The molecule has 3 saturated heterocycles. The van der Waals surface area contributed by atoms with Crippen molar-refractivity contribution in [2.45, 2.75) is 71.1 Å². The second kappa shape index (κ2) is 15.0. The van der Waals surface area contributed by atoms with Gasteiger partial charge in [-0.05, 0) is 82.7 Å². The number of nitrogens with zero attached hydrogens (tertiary/aromatic N) is 5. The molecular weight excluding hydrogens is 653 g/mol. The number of rotatable bonds is 9. The normalized spacial score (nSPS) is 17.2. The fourth-order valence-corrected chi connectivity index (χ4v) is 7.69. The molecule has 6 heterocycles. The lowest BCUT2D eigenvalue weighted by Crippen LogP contribution is -2.56. The molecule has 1 N–H and O–H groups in total. The number of halogens is 1. The smallest absolute Gasteiger partial charge is 0.333 e.